The van der Waals surface area contributed by atoms with Crippen LogP contribution in [0, 0.1) is 5.92 Å². The monoisotopic (exact) mass is 649 g/mol. The average molecular weight is 650 g/mol. The fourth-order valence-corrected chi connectivity index (χ4v) is 20.5. The highest BCUT2D eigenvalue weighted by atomic mass is 32.2. The van der Waals surface area contributed by atoms with Gasteiger partial charge in [0.05, 0.1) is 18.1 Å². The number of hydrogen-bond acceptors (Lipinski definition) is 8. The minimum Gasteiger partial charge on any atom is -0.413 e. The maximum absolute atomic E-state index is 7.47. The van der Waals surface area contributed by atoms with Crippen molar-refractivity contribution in [2.75, 3.05) is 18.1 Å². The lowest BCUT2D eigenvalue weighted by molar-refractivity contribution is -0.0438. The molecule has 3 atom stereocenters. The third kappa shape index (κ3) is 6.77. The van der Waals surface area contributed by atoms with Gasteiger partial charge >= 0.3 is 0 Å². The molecular formula is C32H59N5O3SSi2. The molecule has 1 aliphatic carbocycles. The Morgan fingerprint density at radius 1 is 0.884 bits per heavy atom. The Balaban J connectivity index is 1.72. The fraction of sp³-hybridized carbons (Fsp3) is 0.844. The first-order valence-electron chi connectivity index (χ1n) is 16.7. The van der Waals surface area contributed by atoms with E-state index in [2.05, 4.69) is 93.1 Å². The summed E-state index contributed by atoms with van der Waals surface area (Å²) >= 11 is 1.77. The molecule has 0 spiro atoms. The quantitative estimate of drug-likeness (QED) is 0.151. The summed E-state index contributed by atoms with van der Waals surface area (Å²) in [5.74, 6) is 2.30. The van der Waals surface area contributed by atoms with E-state index in [4.69, 9.17) is 24.4 Å². The zero-order valence-electron chi connectivity index (χ0n) is 28.9. The highest BCUT2D eigenvalue weighted by Crippen LogP contribution is 2.48. The number of nitrogens with two attached hydrogens (primary N) is 1. The molecule has 4 rings (SSSR count). The van der Waals surface area contributed by atoms with E-state index < -0.39 is 16.6 Å². The summed E-state index contributed by atoms with van der Waals surface area (Å²) in [6, 6.07) is 0. The Kier molecular flexibility index (Phi) is 11.2. The van der Waals surface area contributed by atoms with Crippen LogP contribution in [0.2, 0.25) is 33.2 Å². The highest BCUT2D eigenvalue weighted by molar-refractivity contribution is 7.99. The summed E-state index contributed by atoms with van der Waals surface area (Å²) in [5.41, 5.74) is 10.1. The molecule has 0 unspecified atom stereocenters. The van der Waals surface area contributed by atoms with Gasteiger partial charge in [-0.1, -0.05) is 83.1 Å². The number of aromatic nitrogens is 4. The maximum Gasteiger partial charge on any atom is 0.200 e. The lowest BCUT2D eigenvalue weighted by Gasteiger charge is -2.45. The molecule has 1 saturated carbocycles. The van der Waals surface area contributed by atoms with Crippen LogP contribution in [-0.2, 0) is 13.6 Å². The van der Waals surface area contributed by atoms with E-state index in [1.54, 1.807) is 11.8 Å². The first-order valence-corrected chi connectivity index (χ1v) is 22.0. The smallest absolute Gasteiger partial charge is 0.200 e. The zero-order chi connectivity index (χ0) is 31.9. The molecule has 1 aliphatic heterocycles. The summed E-state index contributed by atoms with van der Waals surface area (Å²) < 4.78 is 23.6. The third-order valence-electron chi connectivity index (χ3n) is 10.4. The van der Waals surface area contributed by atoms with Gasteiger partial charge in [-0.05, 0) is 52.0 Å². The van der Waals surface area contributed by atoms with Gasteiger partial charge in [0.1, 0.15) is 23.3 Å². The second-order valence-corrected chi connectivity index (χ2v) is 26.8. The van der Waals surface area contributed by atoms with Crippen LogP contribution < -0.4 is 5.73 Å². The predicted molar refractivity (Wildman–Crippen MR) is 185 cm³/mol. The minimum atomic E-state index is -2.18. The summed E-state index contributed by atoms with van der Waals surface area (Å²) in [4.78, 5) is 8.99. The summed E-state index contributed by atoms with van der Waals surface area (Å²) in [5, 5.41) is 6.84. The second-order valence-electron chi connectivity index (χ2n) is 14.9. The predicted octanol–water partition coefficient (Wildman–Crippen LogP) is 8.95. The number of thioether (sulfide) groups is 1. The van der Waals surface area contributed by atoms with Gasteiger partial charge < -0.3 is 19.3 Å². The van der Waals surface area contributed by atoms with Crippen molar-refractivity contribution < 1.29 is 13.6 Å². The van der Waals surface area contributed by atoms with Gasteiger partial charge in [-0.3, -0.25) is 0 Å². The summed E-state index contributed by atoms with van der Waals surface area (Å²) in [6.45, 7) is 28.7. The highest BCUT2D eigenvalue weighted by Gasteiger charge is 2.52. The van der Waals surface area contributed by atoms with E-state index in [-0.39, 0.29) is 18.4 Å². The molecule has 0 bridgehead atoms. The van der Waals surface area contributed by atoms with Crippen molar-refractivity contribution in [3.63, 3.8) is 0 Å². The molecule has 3 heterocycles. The molecule has 0 radical (unpaired) electrons. The Morgan fingerprint density at radius 3 is 1.95 bits per heavy atom. The SMILES string of the molecule is CC(C)[Si](OC[C@@H]1O[C@H](n2nc(SCC3CC3)c3c(N)ncnc32)C[C@@H]1O[Si](C(C)C)(C(C)C)C(C)C)(C(C)C)C(C)C. The van der Waals surface area contributed by atoms with Gasteiger partial charge in [0.15, 0.2) is 20.2 Å². The standard InChI is InChI=1S/C32H59N5O3SSi2/c1-19(2)42(20(3)4,21(5)6)38-16-27-26(40-43(22(7)8,23(9)10)24(11)12)15-28(39-27)37-31-29(30(33)34-18-35-31)32(36-37)41-17-25-13-14-25/h18-28H,13-17H2,1-12H3,(H2,33,34,35)/t26-,27-,28-/m0/s1. The number of anilines is 1. The number of hydrogen-bond donors (Lipinski definition) is 1. The molecule has 2 aliphatic rings. The molecule has 2 fully saturated rings. The summed E-state index contributed by atoms with van der Waals surface area (Å²) in [7, 11) is -4.28. The number of rotatable bonds is 15. The van der Waals surface area contributed by atoms with Gasteiger partial charge in [0, 0.05) is 12.2 Å². The molecule has 244 valence electrons. The van der Waals surface area contributed by atoms with Crippen molar-refractivity contribution in [2.24, 2.45) is 5.92 Å². The normalized spacial score (nSPS) is 22.1. The largest absolute Gasteiger partial charge is 0.413 e. The topological polar surface area (TPSA) is 97.3 Å². The van der Waals surface area contributed by atoms with Crippen LogP contribution in [0.15, 0.2) is 11.4 Å². The Hall–Kier alpha value is -0.986. The minimum absolute atomic E-state index is 0.0805. The lowest BCUT2D eigenvalue weighted by atomic mass is 10.2. The molecule has 1 saturated heterocycles. The van der Waals surface area contributed by atoms with Crippen molar-refractivity contribution in [1.29, 1.82) is 0 Å². The van der Waals surface area contributed by atoms with Crippen LogP contribution in [0.5, 0.6) is 0 Å². The van der Waals surface area contributed by atoms with Crippen molar-refractivity contribution >= 4 is 45.2 Å². The maximum atomic E-state index is 7.47. The molecule has 0 aromatic carbocycles. The van der Waals surface area contributed by atoms with Crippen LogP contribution in [0.4, 0.5) is 5.82 Å². The first-order chi connectivity index (χ1) is 20.2. The van der Waals surface area contributed by atoms with Crippen molar-refractivity contribution in [3.8, 4) is 0 Å². The number of nitrogens with zero attached hydrogens (tertiary/aromatic N) is 4. The van der Waals surface area contributed by atoms with Crippen LogP contribution in [0.3, 0.4) is 0 Å². The Morgan fingerprint density at radius 2 is 1.44 bits per heavy atom. The Bertz CT molecular complexity index is 1170. The summed E-state index contributed by atoms with van der Waals surface area (Å²) in [6.07, 6.45) is 4.27. The van der Waals surface area contributed by atoms with Gasteiger partial charge in [0.25, 0.3) is 0 Å². The number of fused-ring (bicyclic) bond motifs is 1. The molecule has 0 amide bonds. The third-order valence-corrected chi connectivity index (χ3v) is 23.8. The Labute approximate surface area is 267 Å². The van der Waals surface area contributed by atoms with E-state index in [9.17, 15) is 0 Å². The number of nitrogen functional groups attached to an aromatic ring is 1. The molecule has 2 N–H and O–H groups in total. The van der Waals surface area contributed by atoms with E-state index in [1.165, 1.54) is 19.2 Å². The van der Waals surface area contributed by atoms with Gasteiger partial charge in [-0.25, -0.2) is 14.6 Å². The van der Waals surface area contributed by atoms with Crippen LogP contribution in [0.25, 0.3) is 11.0 Å². The van der Waals surface area contributed by atoms with Gasteiger partial charge in [0.2, 0.25) is 8.32 Å². The van der Waals surface area contributed by atoms with Gasteiger partial charge in [-0.15, -0.1) is 11.8 Å². The van der Waals surface area contributed by atoms with Crippen LogP contribution in [0.1, 0.15) is 109 Å². The zero-order valence-corrected chi connectivity index (χ0v) is 31.7. The fourth-order valence-electron chi connectivity index (χ4n) is 8.27. The van der Waals surface area contributed by atoms with Crippen molar-refractivity contribution in [3.05, 3.63) is 6.33 Å². The lowest BCUT2D eigenvalue weighted by Crippen LogP contribution is -2.53. The number of ether oxygens (including phenoxy) is 1. The molecule has 8 nitrogen and oxygen atoms in total. The first kappa shape index (κ1) is 34.9. The molecule has 11 heteroatoms. The second kappa shape index (κ2) is 13.8. The van der Waals surface area contributed by atoms with Crippen LogP contribution in [-0.4, -0.2) is 61.0 Å². The average Bonchev–Trinajstić information content (AvgIpc) is 3.54. The van der Waals surface area contributed by atoms with E-state index in [0.29, 0.717) is 52.1 Å². The van der Waals surface area contributed by atoms with Crippen molar-refractivity contribution in [1.82, 2.24) is 19.7 Å². The molecule has 2 aromatic rings. The van der Waals surface area contributed by atoms with Gasteiger partial charge in [-0.2, -0.15) is 5.10 Å². The van der Waals surface area contributed by atoms with Crippen molar-refractivity contribution in [2.45, 2.75) is 159 Å². The van der Waals surface area contributed by atoms with E-state index in [0.717, 1.165) is 27.7 Å². The molecule has 43 heavy (non-hydrogen) atoms. The molecule has 2 aromatic heterocycles. The van der Waals surface area contributed by atoms with E-state index >= 15 is 0 Å². The van der Waals surface area contributed by atoms with Crippen LogP contribution >= 0.6 is 11.8 Å². The van der Waals surface area contributed by atoms with E-state index in [1.807, 2.05) is 4.68 Å². The molecular weight excluding hydrogens is 591 g/mol.